The topological polar surface area (TPSA) is 41.5 Å². The van der Waals surface area contributed by atoms with Crippen molar-refractivity contribution in [2.24, 2.45) is 0 Å². The van der Waals surface area contributed by atoms with Gasteiger partial charge in [0.25, 0.3) is 0 Å². The molecule has 3 nitrogen and oxygen atoms in total. The van der Waals surface area contributed by atoms with Gasteiger partial charge < -0.3 is 15.2 Å². The van der Waals surface area contributed by atoms with Crippen LogP contribution in [-0.4, -0.2) is 24.3 Å². The molecule has 17 heavy (non-hydrogen) atoms. The van der Waals surface area contributed by atoms with E-state index in [1.165, 1.54) is 0 Å². The van der Waals surface area contributed by atoms with Crippen molar-refractivity contribution >= 4 is 0 Å². The fourth-order valence-corrected chi connectivity index (χ4v) is 2.27. The average molecular weight is 235 g/mol. The molecule has 2 atom stereocenters. The largest absolute Gasteiger partial charge is 0.493 e. The molecule has 0 spiro atoms. The highest BCUT2D eigenvalue weighted by atomic mass is 16.5. The molecule has 3 heteroatoms. The number of hydrogen-bond acceptors (Lipinski definition) is 3. The van der Waals surface area contributed by atoms with Gasteiger partial charge in [-0.15, -0.1) is 0 Å². The highest BCUT2D eigenvalue weighted by molar-refractivity contribution is 5.36. The SMILES string of the molecule is CCCOc1ccccc1C(O)C1CCCN1. The zero-order chi connectivity index (χ0) is 12.1. The second-order valence-corrected chi connectivity index (χ2v) is 4.53. The van der Waals surface area contributed by atoms with Crippen LogP contribution in [0.2, 0.25) is 0 Å². The molecule has 0 radical (unpaired) electrons. The Hall–Kier alpha value is -1.06. The molecule has 0 amide bonds. The molecule has 2 N–H and O–H groups in total. The third kappa shape index (κ3) is 2.99. The fourth-order valence-electron chi connectivity index (χ4n) is 2.27. The third-order valence-corrected chi connectivity index (χ3v) is 3.18. The predicted octanol–water partition coefficient (Wildman–Crippen LogP) is 2.26. The molecule has 1 aliphatic heterocycles. The molecule has 2 rings (SSSR count). The Bertz CT molecular complexity index is 348. The molecule has 0 saturated carbocycles. The van der Waals surface area contributed by atoms with Gasteiger partial charge in [-0.2, -0.15) is 0 Å². The van der Waals surface area contributed by atoms with Crippen LogP contribution in [0, 0.1) is 0 Å². The van der Waals surface area contributed by atoms with Crippen LogP contribution < -0.4 is 10.1 Å². The fraction of sp³-hybridized carbons (Fsp3) is 0.571. The van der Waals surface area contributed by atoms with E-state index in [-0.39, 0.29) is 6.04 Å². The van der Waals surface area contributed by atoms with Gasteiger partial charge in [-0.25, -0.2) is 0 Å². The van der Waals surface area contributed by atoms with E-state index in [2.05, 4.69) is 12.2 Å². The van der Waals surface area contributed by atoms with E-state index >= 15 is 0 Å². The smallest absolute Gasteiger partial charge is 0.125 e. The van der Waals surface area contributed by atoms with Crippen LogP contribution in [-0.2, 0) is 0 Å². The molecule has 1 aromatic carbocycles. The van der Waals surface area contributed by atoms with Crippen molar-refractivity contribution in [3.63, 3.8) is 0 Å². The van der Waals surface area contributed by atoms with Crippen molar-refractivity contribution in [3.05, 3.63) is 29.8 Å². The molecule has 1 heterocycles. The zero-order valence-electron chi connectivity index (χ0n) is 10.4. The lowest BCUT2D eigenvalue weighted by molar-refractivity contribution is 0.132. The zero-order valence-corrected chi connectivity index (χ0v) is 10.4. The van der Waals surface area contributed by atoms with Crippen LogP contribution in [0.3, 0.4) is 0 Å². The lowest BCUT2D eigenvalue weighted by atomic mass is 10.0. The summed E-state index contributed by atoms with van der Waals surface area (Å²) < 4.78 is 5.68. The molecule has 1 saturated heterocycles. The lowest BCUT2D eigenvalue weighted by Gasteiger charge is -2.21. The second-order valence-electron chi connectivity index (χ2n) is 4.53. The van der Waals surface area contributed by atoms with E-state index in [9.17, 15) is 5.11 Å². The number of rotatable bonds is 5. The minimum Gasteiger partial charge on any atom is -0.493 e. The Morgan fingerprint density at radius 2 is 2.29 bits per heavy atom. The number of para-hydroxylation sites is 1. The molecule has 0 bridgehead atoms. The summed E-state index contributed by atoms with van der Waals surface area (Å²) in [5.74, 6) is 0.815. The van der Waals surface area contributed by atoms with Crippen molar-refractivity contribution in [1.82, 2.24) is 5.32 Å². The van der Waals surface area contributed by atoms with Gasteiger partial charge in [0, 0.05) is 11.6 Å². The first-order valence-corrected chi connectivity index (χ1v) is 6.46. The van der Waals surface area contributed by atoms with Gasteiger partial charge in [-0.3, -0.25) is 0 Å². The maximum atomic E-state index is 10.4. The summed E-state index contributed by atoms with van der Waals surface area (Å²) in [4.78, 5) is 0. The third-order valence-electron chi connectivity index (χ3n) is 3.18. The first kappa shape index (κ1) is 12.4. The van der Waals surface area contributed by atoms with Gasteiger partial charge in [-0.05, 0) is 31.9 Å². The molecule has 1 aromatic rings. The maximum Gasteiger partial charge on any atom is 0.125 e. The summed E-state index contributed by atoms with van der Waals surface area (Å²) in [5, 5.41) is 13.7. The van der Waals surface area contributed by atoms with Gasteiger partial charge in [-0.1, -0.05) is 25.1 Å². The van der Waals surface area contributed by atoms with Gasteiger partial charge >= 0.3 is 0 Å². The maximum absolute atomic E-state index is 10.4. The average Bonchev–Trinajstić information content (AvgIpc) is 2.89. The van der Waals surface area contributed by atoms with Crippen LogP contribution in [0.15, 0.2) is 24.3 Å². The monoisotopic (exact) mass is 235 g/mol. The number of aliphatic hydroxyl groups is 1. The van der Waals surface area contributed by atoms with E-state index in [4.69, 9.17) is 4.74 Å². The van der Waals surface area contributed by atoms with Crippen molar-refractivity contribution in [2.75, 3.05) is 13.2 Å². The van der Waals surface area contributed by atoms with Crippen molar-refractivity contribution in [3.8, 4) is 5.75 Å². The summed E-state index contributed by atoms with van der Waals surface area (Å²) >= 11 is 0. The number of ether oxygens (including phenoxy) is 1. The van der Waals surface area contributed by atoms with E-state index < -0.39 is 6.10 Å². The number of nitrogens with one attached hydrogen (secondary N) is 1. The minimum absolute atomic E-state index is 0.168. The van der Waals surface area contributed by atoms with E-state index in [1.54, 1.807) is 0 Å². The van der Waals surface area contributed by atoms with Crippen molar-refractivity contribution in [2.45, 2.75) is 38.3 Å². The minimum atomic E-state index is -0.467. The molecular formula is C14H21NO2. The van der Waals surface area contributed by atoms with Gasteiger partial charge in [0.05, 0.1) is 12.7 Å². The Balaban J connectivity index is 2.12. The van der Waals surface area contributed by atoms with Crippen LogP contribution >= 0.6 is 0 Å². The highest BCUT2D eigenvalue weighted by Gasteiger charge is 2.25. The summed E-state index contributed by atoms with van der Waals surface area (Å²) in [6.07, 6.45) is 2.68. The first-order valence-electron chi connectivity index (χ1n) is 6.46. The van der Waals surface area contributed by atoms with Crippen molar-refractivity contribution in [1.29, 1.82) is 0 Å². The van der Waals surface area contributed by atoms with Gasteiger partial charge in [0.15, 0.2) is 0 Å². The Morgan fingerprint density at radius 3 is 3.00 bits per heavy atom. The molecule has 1 fully saturated rings. The van der Waals surface area contributed by atoms with Gasteiger partial charge in [0.2, 0.25) is 0 Å². The number of aliphatic hydroxyl groups excluding tert-OH is 1. The van der Waals surface area contributed by atoms with E-state index in [0.717, 1.165) is 37.1 Å². The molecule has 2 unspecified atom stereocenters. The van der Waals surface area contributed by atoms with Crippen LogP contribution in [0.5, 0.6) is 5.75 Å². The lowest BCUT2D eigenvalue weighted by Crippen LogP contribution is -2.29. The summed E-state index contributed by atoms with van der Waals surface area (Å²) in [5.41, 5.74) is 0.903. The Kier molecular flexibility index (Phi) is 4.40. The van der Waals surface area contributed by atoms with Crippen LogP contribution in [0.25, 0.3) is 0 Å². The molecule has 0 aliphatic carbocycles. The Morgan fingerprint density at radius 1 is 1.47 bits per heavy atom. The summed E-state index contributed by atoms with van der Waals surface area (Å²) in [6, 6.07) is 7.95. The van der Waals surface area contributed by atoms with Crippen molar-refractivity contribution < 1.29 is 9.84 Å². The number of benzene rings is 1. The van der Waals surface area contributed by atoms with Gasteiger partial charge in [0.1, 0.15) is 5.75 Å². The second kappa shape index (κ2) is 6.03. The molecule has 94 valence electrons. The molecule has 1 aliphatic rings. The number of hydrogen-bond donors (Lipinski definition) is 2. The normalized spacial score (nSPS) is 21.4. The highest BCUT2D eigenvalue weighted by Crippen LogP contribution is 2.30. The summed E-state index contributed by atoms with van der Waals surface area (Å²) in [6.45, 7) is 3.78. The predicted molar refractivity (Wildman–Crippen MR) is 68.2 cm³/mol. The first-order chi connectivity index (χ1) is 8.33. The standard InChI is InChI=1S/C14H21NO2/c1-2-10-17-13-8-4-3-6-11(13)14(16)12-7-5-9-15-12/h3-4,6,8,12,14-16H,2,5,7,9-10H2,1H3. The van der Waals surface area contributed by atoms with Crippen LogP contribution in [0.1, 0.15) is 37.9 Å². The molecular weight excluding hydrogens is 214 g/mol. The van der Waals surface area contributed by atoms with E-state index in [1.807, 2.05) is 24.3 Å². The Labute approximate surface area is 103 Å². The summed E-state index contributed by atoms with van der Waals surface area (Å²) in [7, 11) is 0. The van der Waals surface area contributed by atoms with Crippen LogP contribution in [0.4, 0.5) is 0 Å². The van der Waals surface area contributed by atoms with E-state index in [0.29, 0.717) is 6.61 Å². The molecule has 0 aromatic heterocycles. The quantitative estimate of drug-likeness (QED) is 0.822.